The van der Waals surface area contributed by atoms with Crippen LogP contribution >= 0.6 is 0 Å². The van der Waals surface area contributed by atoms with Crippen LogP contribution in [-0.4, -0.2) is 37.3 Å². The first-order chi connectivity index (χ1) is 11.2. The Kier molecular flexibility index (Phi) is 7.13. The summed E-state index contributed by atoms with van der Waals surface area (Å²) in [6.45, 7) is 7.32. The second-order valence-corrected chi connectivity index (χ2v) is 6.10. The summed E-state index contributed by atoms with van der Waals surface area (Å²) in [5.74, 6) is -1.03. The van der Waals surface area contributed by atoms with Crippen LogP contribution in [-0.2, 0) is 9.47 Å². The number of nitrogens with zero attached hydrogens (tertiary/aromatic N) is 1. The third kappa shape index (κ3) is 6.14. The van der Waals surface area contributed by atoms with Crippen molar-refractivity contribution in [3.8, 4) is 0 Å². The van der Waals surface area contributed by atoms with Crippen molar-refractivity contribution in [3.63, 3.8) is 0 Å². The molecule has 0 saturated carbocycles. The summed E-state index contributed by atoms with van der Waals surface area (Å²) in [5.41, 5.74) is -0.882. The highest BCUT2D eigenvalue weighted by Gasteiger charge is 2.30. The van der Waals surface area contributed by atoms with E-state index in [0.29, 0.717) is 6.54 Å². The zero-order chi connectivity index (χ0) is 18.3. The highest BCUT2D eigenvalue weighted by molar-refractivity contribution is 5.91. The summed E-state index contributed by atoms with van der Waals surface area (Å²) in [6, 6.07) is 0. The first-order valence-corrected chi connectivity index (χ1v) is 7.70. The minimum absolute atomic E-state index is 0.101. The normalized spacial score (nSPS) is 17.1. The molecule has 0 aromatic rings. The number of hydrogen-bond acceptors (Lipinski definition) is 4. The van der Waals surface area contributed by atoms with Crippen LogP contribution in [0.4, 0.5) is 13.6 Å². The molecule has 1 N–H and O–H groups in total. The number of carbonyl (C=O) groups is 1. The Bertz CT molecular complexity index is 587. The molecule has 0 aliphatic heterocycles. The van der Waals surface area contributed by atoms with Gasteiger partial charge in [-0.1, -0.05) is 6.08 Å². The van der Waals surface area contributed by atoms with Crippen LogP contribution < -0.4 is 5.32 Å². The zero-order valence-corrected chi connectivity index (χ0v) is 14.7. The molecule has 1 aliphatic rings. The van der Waals surface area contributed by atoms with Gasteiger partial charge in [0.2, 0.25) is 0 Å². The van der Waals surface area contributed by atoms with Crippen molar-refractivity contribution >= 4 is 12.0 Å². The van der Waals surface area contributed by atoms with Gasteiger partial charge in [0.15, 0.2) is 6.10 Å². The molecule has 1 rings (SSSR count). The van der Waals surface area contributed by atoms with E-state index in [1.165, 1.54) is 13.1 Å². The zero-order valence-electron chi connectivity index (χ0n) is 14.7. The minimum Gasteiger partial charge on any atom is -0.429 e. The lowest BCUT2D eigenvalue weighted by atomic mass is 10.1. The maximum absolute atomic E-state index is 14.4. The van der Waals surface area contributed by atoms with E-state index in [4.69, 9.17) is 9.47 Å². The summed E-state index contributed by atoms with van der Waals surface area (Å²) >= 11 is 0. The smallest absolute Gasteiger partial charge is 0.429 e. The maximum Gasteiger partial charge on any atom is 0.509 e. The van der Waals surface area contributed by atoms with E-state index >= 15 is 0 Å². The monoisotopic (exact) mass is 342 g/mol. The number of aliphatic imine (C=N–C) groups is 1. The molecule has 0 bridgehead atoms. The van der Waals surface area contributed by atoms with Gasteiger partial charge in [-0.3, -0.25) is 4.99 Å². The number of hydrogen-bond donors (Lipinski definition) is 1. The van der Waals surface area contributed by atoms with Gasteiger partial charge in [-0.15, -0.1) is 0 Å². The van der Waals surface area contributed by atoms with Gasteiger partial charge in [-0.05, 0) is 39.8 Å². The molecular formula is C17H24F2N2O3. The van der Waals surface area contributed by atoms with Crippen molar-refractivity contribution in [2.45, 2.75) is 45.8 Å². The van der Waals surface area contributed by atoms with Crippen LogP contribution in [0, 0.1) is 0 Å². The van der Waals surface area contributed by atoms with Gasteiger partial charge in [-0.25, -0.2) is 13.6 Å². The molecule has 134 valence electrons. The van der Waals surface area contributed by atoms with E-state index in [2.05, 4.69) is 10.3 Å². The maximum atomic E-state index is 14.4. The Hall–Kier alpha value is -2.18. The van der Waals surface area contributed by atoms with E-state index in [1.54, 1.807) is 20.8 Å². The first-order valence-electron chi connectivity index (χ1n) is 7.70. The quantitative estimate of drug-likeness (QED) is 0.477. The van der Waals surface area contributed by atoms with E-state index in [-0.39, 0.29) is 17.8 Å². The first kappa shape index (κ1) is 19.9. The molecule has 0 spiro atoms. The lowest BCUT2D eigenvalue weighted by molar-refractivity contribution is -0.0109. The Labute approximate surface area is 141 Å². The lowest BCUT2D eigenvalue weighted by Crippen LogP contribution is -2.40. The van der Waals surface area contributed by atoms with Crippen molar-refractivity contribution < 1.29 is 23.0 Å². The van der Waals surface area contributed by atoms with Gasteiger partial charge in [-0.2, -0.15) is 0 Å². The molecule has 0 radical (unpaired) electrons. The van der Waals surface area contributed by atoms with Gasteiger partial charge in [0.1, 0.15) is 23.1 Å². The summed E-state index contributed by atoms with van der Waals surface area (Å²) < 4.78 is 38.5. The molecule has 1 atom stereocenters. The van der Waals surface area contributed by atoms with Gasteiger partial charge in [0.25, 0.3) is 0 Å². The third-order valence-electron chi connectivity index (χ3n) is 2.91. The average Bonchev–Trinajstić information content (AvgIpc) is 2.62. The Morgan fingerprint density at radius 3 is 2.62 bits per heavy atom. The van der Waals surface area contributed by atoms with E-state index in [0.717, 1.165) is 12.2 Å². The molecule has 1 unspecified atom stereocenters. The highest BCUT2D eigenvalue weighted by atomic mass is 19.1. The minimum atomic E-state index is -1.23. The molecule has 0 fully saturated rings. The van der Waals surface area contributed by atoms with E-state index in [1.807, 2.05) is 6.92 Å². The SMILES string of the molecule is CCNC(=NC)C(OC(=O)OC(C)(C)C)C1=C(F)CC=CC(F)=C1. The van der Waals surface area contributed by atoms with Crippen LogP contribution in [0.25, 0.3) is 0 Å². The fourth-order valence-corrected chi connectivity index (χ4v) is 1.99. The highest BCUT2D eigenvalue weighted by Crippen LogP contribution is 2.25. The molecule has 0 heterocycles. The van der Waals surface area contributed by atoms with Crippen molar-refractivity contribution in [3.05, 3.63) is 35.5 Å². The number of allylic oxidation sites excluding steroid dienone is 4. The summed E-state index contributed by atoms with van der Waals surface area (Å²) in [7, 11) is 1.47. The largest absolute Gasteiger partial charge is 0.509 e. The van der Waals surface area contributed by atoms with E-state index in [9.17, 15) is 13.6 Å². The second kappa shape index (κ2) is 8.61. The van der Waals surface area contributed by atoms with Gasteiger partial charge < -0.3 is 14.8 Å². The molecule has 0 aromatic heterocycles. The summed E-state index contributed by atoms with van der Waals surface area (Å²) in [4.78, 5) is 16.0. The molecule has 0 saturated heterocycles. The van der Waals surface area contributed by atoms with Gasteiger partial charge >= 0.3 is 6.16 Å². The van der Waals surface area contributed by atoms with Crippen molar-refractivity contribution in [2.75, 3.05) is 13.6 Å². The lowest BCUT2D eigenvalue weighted by Gasteiger charge is -2.24. The third-order valence-corrected chi connectivity index (χ3v) is 2.91. The van der Waals surface area contributed by atoms with Crippen molar-refractivity contribution in [1.82, 2.24) is 5.32 Å². The molecular weight excluding hydrogens is 318 g/mol. The number of halogens is 2. The number of likely N-dealkylation sites (N-methyl/N-ethyl adjacent to an activating group) is 1. The topological polar surface area (TPSA) is 59.9 Å². The standard InChI is InChI=1S/C17H24F2N2O3/c1-6-21-15(20-5)14(23-16(22)24-17(2,3)4)12-10-11(18)8-7-9-13(12)19/h7-8,10,14H,6,9H2,1-5H3,(H,20,21). The number of ether oxygens (including phenoxy) is 2. The summed E-state index contributed by atoms with van der Waals surface area (Å²) in [5, 5.41) is 2.90. The predicted molar refractivity (Wildman–Crippen MR) is 89.2 cm³/mol. The molecule has 24 heavy (non-hydrogen) atoms. The fourth-order valence-electron chi connectivity index (χ4n) is 1.99. The Morgan fingerprint density at radius 2 is 2.08 bits per heavy atom. The molecule has 0 aromatic carbocycles. The van der Waals surface area contributed by atoms with Crippen LogP contribution in [0.2, 0.25) is 0 Å². The fraction of sp³-hybridized carbons (Fsp3) is 0.529. The average molecular weight is 342 g/mol. The number of nitrogens with one attached hydrogen (secondary N) is 1. The second-order valence-electron chi connectivity index (χ2n) is 6.10. The number of carbonyl (C=O) groups excluding carboxylic acids is 1. The van der Waals surface area contributed by atoms with Crippen molar-refractivity contribution in [1.29, 1.82) is 0 Å². The summed E-state index contributed by atoms with van der Waals surface area (Å²) in [6.07, 6.45) is 1.20. The number of amidine groups is 1. The van der Waals surface area contributed by atoms with Gasteiger partial charge in [0.05, 0.1) is 0 Å². The Morgan fingerprint density at radius 1 is 1.42 bits per heavy atom. The molecule has 0 amide bonds. The van der Waals surface area contributed by atoms with Gasteiger partial charge in [0, 0.05) is 25.6 Å². The van der Waals surface area contributed by atoms with Crippen LogP contribution in [0.1, 0.15) is 34.1 Å². The molecule has 5 nitrogen and oxygen atoms in total. The molecule has 7 heteroatoms. The van der Waals surface area contributed by atoms with Crippen molar-refractivity contribution in [2.24, 2.45) is 4.99 Å². The number of rotatable bonds is 4. The molecule has 1 aliphatic carbocycles. The van der Waals surface area contributed by atoms with E-state index < -0.39 is 29.5 Å². The van der Waals surface area contributed by atoms with Crippen LogP contribution in [0.3, 0.4) is 0 Å². The van der Waals surface area contributed by atoms with Crippen LogP contribution in [0.15, 0.2) is 40.4 Å². The van der Waals surface area contributed by atoms with Crippen LogP contribution in [0.5, 0.6) is 0 Å². The Balaban J connectivity index is 3.19. The predicted octanol–water partition coefficient (Wildman–Crippen LogP) is 3.98.